The standard InChI is InChI=1S/C19H16BrN3O/c20-18-9-8-16(13-22-18)23-19(24)17(15-6-2-1-3-7-15)11-14-5-4-10-21-12-14/h1-10,12-13,17H,11H2,(H,23,24). The molecule has 0 aliphatic heterocycles. The van der Waals surface area contributed by atoms with Crippen molar-refractivity contribution in [2.75, 3.05) is 5.32 Å². The van der Waals surface area contributed by atoms with Crippen LogP contribution in [-0.2, 0) is 11.2 Å². The van der Waals surface area contributed by atoms with Crippen molar-refractivity contribution < 1.29 is 4.79 Å². The first-order valence-electron chi connectivity index (χ1n) is 7.58. The Hall–Kier alpha value is -2.53. The maximum absolute atomic E-state index is 12.8. The van der Waals surface area contributed by atoms with E-state index in [0.29, 0.717) is 12.1 Å². The van der Waals surface area contributed by atoms with Crippen molar-refractivity contribution in [3.63, 3.8) is 0 Å². The number of nitrogens with zero attached hydrogens (tertiary/aromatic N) is 2. The van der Waals surface area contributed by atoms with Gasteiger partial charge in [-0.15, -0.1) is 0 Å². The van der Waals surface area contributed by atoms with Gasteiger partial charge < -0.3 is 5.32 Å². The number of benzene rings is 1. The highest BCUT2D eigenvalue weighted by molar-refractivity contribution is 9.10. The van der Waals surface area contributed by atoms with E-state index in [0.717, 1.165) is 15.7 Å². The summed E-state index contributed by atoms with van der Waals surface area (Å²) in [6.07, 6.45) is 5.75. The highest BCUT2D eigenvalue weighted by atomic mass is 79.9. The number of hydrogen-bond acceptors (Lipinski definition) is 3. The predicted octanol–water partition coefficient (Wildman–Crippen LogP) is 4.20. The lowest BCUT2D eigenvalue weighted by atomic mass is 9.91. The molecule has 1 atom stereocenters. The molecule has 0 saturated heterocycles. The summed E-state index contributed by atoms with van der Waals surface area (Å²) in [7, 11) is 0. The van der Waals surface area contributed by atoms with Crippen LogP contribution in [0.15, 0.2) is 77.8 Å². The molecule has 0 aliphatic rings. The Morgan fingerprint density at radius 2 is 1.88 bits per heavy atom. The zero-order valence-electron chi connectivity index (χ0n) is 12.9. The summed E-state index contributed by atoms with van der Waals surface area (Å²) in [4.78, 5) is 21.1. The Bertz CT molecular complexity index is 792. The molecule has 3 rings (SSSR count). The van der Waals surface area contributed by atoms with E-state index in [9.17, 15) is 4.79 Å². The van der Waals surface area contributed by atoms with Crippen molar-refractivity contribution in [2.24, 2.45) is 0 Å². The number of carbonyl (C=O) groups excluding carboxylic acids is 1. The molecule has 0 saturated carbocycles. The maximum atomic E-state index is 12.8. The summed E-state index contributed by atoms with van der Waals surface area (Å²) in [6, 6.07) is 17.3. The Morgan fingerprint density at radius 1 is 1.04 bits per heavy atom. The third-order valence-electron chi connectivity index (χ3n) is 3.68. The number of aromatic nitrogens is 2. The van der Waals surface area contributed by atoms with Gasteiger partial charge in [-0.25, -0.2) is 4.98 Å². The fourth-order valence-corrected chi connectivity index (χ4v) is 2.72. The fraction of sp³-hybridized carbons (Fsp3) is 0.105. The zero-order valence-corrected chi connectivity index (χ0v) is 14.5. The SMILES string of the molecule is O=C(Nc1ccc(Br)nc1)C(Cc1cccnc1)c1ccccc1. The monoisotopic (exact) mass is 381 g/mol. The van der Waals surface area contributed by atoms with Crippen LogP contribution < -0.4 is 5.32 Å². The number of pyridine rings is 2. The Labute approximate surface area is 149 Å². The molecule has 1 amide bonds. The van der Waals surface area contributed by atoms with Crippen LogP contribution in [0.4, 0.5) is 5.69 Å². The van der Waals surface area contributed by atoms with Gasteiger partial charge in [-0.3, -0.25) is 9.78 Å². The average Bonchev–Trinajstić information content (AvgIpc) is 2.63. The van der Waals surface area contributed by atoms with Crippen LogP contribution in [0.25, 0.3) is 0 Å². The Morgan fingerprint density at radius 3 is 2.54 bits per heavy atom. The molecule has 24 heavy (non-hydrogen) atoms. The minimum atomic E-state index is -0.293. The molecule has 5 heteroatoms. The van der Waals surface area contributed by atoms with Crippen molar-refractivity contribution >= 4 is 27.5 Å². The second-order valence-corrected chi connectivity index (χ2v) is 6.20. The summed E-state index contributed by atoms with van der Waals surface area (Å²) in [6.45, 7) is 0. The highest BCUT2D eigenvalue weighted by Gasteiger charge is 2.21. The molecular formula is C19H16BrN3O. The minimum Gasteiger partial charge on any atom is -0.324 e. The quantitative estimate of drug-likeness (QED) is 0.673. The van der Waals surface area contributed by atoms with E-state index in [1.807, 2.05) is 48.5 Å². The van der Waals surface area contributed by atoms with Crippen molar-refractivity contribution in [1.82, 2.24) is 9.97 Å². The number of hydrogen-bond donors (Lipinski definition) is 1. The molecule has 0 fully saturated rings. The lowest BCUT2D eigenvalue weighted by Crippen LogP contribution is -2.23. The molecule has 0 bridgehead atoms. The number of amides is 1. The number of anilines is 1. The van der Waals surface area contributed by atoms with Crippen LogP contribution in [0.5, 0.6) is 0 Å². The molecule has 2 heterocycles. The van der Waals surface area contributed by atoms with Crippen molar-refractivity contribution in [1.29, 1.82) is 0 Å². The van der Waals surface area contributed by atoms with E-state index >= 15 is 0 Å². The molecule has 1 unspecified atom stereocenters. The summed E-state index contributed by atoms with van der Waals surface area (Å²) < 4.78 is 0.732. The number of rotatable bonds is 5. The van der Waals surface area contributed by atoms with Crippen LogP contribution in [0, 0.1) is 0 Å². The van der Waals surface area contributed by atoms with Crippen molar-refractivity contribution in [3.8, 4) is 0 Å². The van der Waals surface area contributed by atoms with Gasteiger partial charge in [0.05, 0.1) is 17.8 Å². The Kier molecular flexibility index (Phi) is 5.33. The Balaban J connectivity index is 1.83. The first-order valence-corrected chi connectivity index (χ1v) is 8.38. The molecule has 2 aromatic heterocycles. The molecule has 0 radical (unpaired) electrons. The normalized spacial score (nSPS) is 11.7. The second-order valence-electron chi connectivity index (χ2n) is 5.39. The zero-order chi connectivity index (χ0) is 16.8. The van der Waals surface area contributed by atoms with Gasteiger partial charge in [-0.1, -0.05) is 36.4 Å². The maximum Gasteiger partial charge on any atom is 0.232 e. The molecule has 3 aromatic rings. The molecule has 120 valence electrons. The second kappa shape index (κ2) is 7.84. The largest absolute Gasteiger partial charge is 0.324 e. The van der Waals surface area contributed by atoms with Gasteiger partial charge in [0.2, 0.25) is 5.91 Å². The van der Waals surface area contributed by atoms with Gasteiger partial charge in [0.15, 0.2) is 0 Å². The van der Waals surface area contributed by atoms with E-state index in [1.54, 1.807) is 24.7 Å². The lowest BCUT2D eigenvalue weighted by molar-refractivity contribution is -0.117. The van der Waals surface area contributed by atoms with E-state index in [1.165, 1.54) is 0 Å². The van der Waals surface area contributed by atoms with E-state index in [2.05, 4.69) is 31.2 Å². The van der Waals surface area contributed by atoms with Gasteiger partial charge in [0.1, 0.15) is 4.60 Å². The molecule has 1 aromatic carbocycles. The van der Waals surface area contributed by atoms with Gasteiger partial charge >= 0.3 is 0 Å². The summed E-state index contributed by atoms with van der Waals surface area (Å²) in [5.41, 5.74) is 2.68. The third-order valence-corrected chi connectivity index (χ3v) is 4.15. The van der Waals surface area contributed by atoms with Crippen LogP contribution in [0.2, 0.25) is 0 Å². The average molecular weight is 382 g/mol. The fourth-order valence-electron chi connectivity index (χ4n) is 2.48. The molecule has 0 aliphatic carbocycles. The van der Waals surface area contributed by atoms with Crippen LogP contribution in [-0.4, -0.2) is 15.9 Å². The molecule has 1 N–H and O–H groups in total. The predicted molar refractivity (Wildman–Crippen MR) is 97.7 cm³/mol. The smallest absolute Gasteiger partial charge is 0.232 e. The van der Waals surface area contributed by atoms with Crippen LogP contribution >= 0.6 is 15.9 Å². The molecule has 0 spiro atoms. The van der Waals surface area contributed by atoms with E-state index in [4.69, 9.17) is 0 Å². The number of carbonyl (C=O) groups is 1. The number of halogens is 1. The molecular weight excluding hydrogens is 366 g/mol. The van der Waals surface area contributed by atoms with Gasteiger partial charge in [0, 0.05) is 12.4 Å². The summed E-state index contributed by atoms with van der Waals surface area (Å²) in [5, 5.41) is 2.95. The van der Waals surface area contributed by atoms with Crippen molar-refractivity contribution in [2.45, 2.75) is 12.3 Å². The van der Waals surface area contributed by atoms with Crippen molar-refractivity contribution in [3.05, 3.63) is 88.9 Å². The summed E-state index contributed by atoms with van der Waals surface area (Å²) >= 11 is 3.29. The topological polar surface area (TPSA) is 54.9 Å². The van der Waals surface area contributed by atoms with Crippen LogP contribution in [0.3, 0.4) is 0 Å². The molecule has 4 nitrogen and oxygen atoms in total. The summed E-state index contributed by atoms with van der Waals surface area (Å²) in [5.74, 6) is -0.353. The van der Waals surface area contributed by atoms with Gasteiger partial charge in [0.25, 0.3) is 0 Å². The highest BCUT2D eigenvalue weighted by Crippen LogP contribution is 2.23. The minimum absolute atomic E-state index is 0.0609. The van der Waals surface area contributed by atoms with Gasteiger partial charge in [-0.2, -0.15) is 0 Å². The first kappa shape index (κ1) is 16.3. The third kappa shape index (κ3) is 4.26. The first-order chi connectivity index (χ1) is 11.7. The van der Waals surface area contributed by atoms with Gasteiger partial charge in [-0.05, 0) is 51.7 Å². The lowest BCUT2D eigenvalue weighted by Gasteiger charge is -2.17. The van der Waals surface area contributed by atoms with Crippen LogP contribution in [0.1, 0.15) is 17.0 Å². The van der Waals surface area contributed by atoms with E-state index < -0.39 is 0 Å². The van der Waals surface area contributed by atoms with E-state index in [-0.39, 0.29) is 11.8 Å². The number of nitrogens with one attached hydrogen (secondary N) is 1.